The van der Waals surface area contributed by atoms with Crippen molar-refractivity contribution < 1.29 is 14.3 Å². The summed E-state index contributed by atoms with van der Waals surface area (Å²) in [6, 6.07) is 8.92. The highest BCUT2D eigenvalue weighted by Crippen LogP contribution is 2.34. The normalized spacial score (nSPS) is 25.9. The van der Waals surface area contributed by atoms with Gasteiger partial charge in [-0.15, -0.1) is 0 Å². The van der Waals surface area contributed by atoms with Crippen LogP contribution in [0.1, 0.15) is 44.0 Å². The van der Waals surface area contributed by atoms with Gasteiger partial charge in [-0.05, 0) is 36.8 Å². The maximum absolute atomic E-state index is 12.5. The largest absolute Gasteiger partial charge is 0.461 e. The summed E-state index contributed by atoms with van der Waals surface area (Å²) in [5.41, 5.74) is 0.536. The Morgan fingerprint density at radius 3 is 2.52 bits per heavy atom. The first-order valence-corrected chi connectivity index (χ1v) is 7.76. The number of carbonyl (C=O) groups is 2. The summed E-state index contributed by atoms with van der Waals surface area (Å²) in [5, 5.41) is 0. The zero-order valence-corrected chi connectivity index (χ0v) is 13.0. The summed E-state index contributed by atoms with van der Waals surface area (Å²) in [4.78, 5) is 24.5. The van der Waals surface area contributed by atoms with E-state index in [0.29, 0.717) is 11.5 Å². The number of ether oxygens (including phenoxy) is 1. The van der Waals surface area contributed by atoms with E-state index >= 15 is 0 Å². The number of ketones is 1. The molecule has 0 aromatic heterocycles. The van der Waals surface area contributed by atoms with Crippen molar-refractivity contribution in [1.82, 2.24) is 0 Å². The van der Waals surface area contributed by atoms with Crippen LogP contribution in [0.3, 0.4) is 0 Å². The van der Waals surface area contributed by atoms with Crippen molar-refractivity contribution in [3.05, 3.63) is 35.9 Å². The topological polar surface area (TPSA) is 43.4 Å². The molecule has 1 aliphatic carbocycles. The molecule has 3 heteroatoms. The van der Waals surface area contributed by atoms with Gasteiger partial charge in [0.05, 0.1) is 11.5 Å². The van der Waals surface area contributed by atoms with Gasteiger partial charge in [-0.3, -0.25) is 4.79 Å². The molecular formula is C18H24O3. The van der Waals surface area contributed by atoms with Crippen molar-refractivity contribution in [1.29, 1.82) is 0 Å². The van der Waals surface area contributed by atoms with Crippen LogP contribution in [-0.4, -0.2) is 18.4 Å². The van der Waals surface area contributed by atoms with Crippen LogP contribution in [0.15, 0.2) is 30.3 Å². The summed E-state index contributed by atoms with van der Waals surface area (Å²) in [6.45, 7) is 6.46. The van der Waals surface area contributed by atoms with Gasteiger partial charge in [-0.1, -0.05) is 39.0 Å². The average molecular weight is 288 g/mol. The van der Waals surface area contributed by atoms with E-state index in [1.165, 1.54) is 0 Å². The van der Waals surface area contributed by atoms with Gasteiger partial charge in [-0.2, -0.15) is 0 Å². The lowest BCUT2D eigenvalue weighted by Gasteiger charge is -2.34. The summed E-state index contributed by atoms with van der Waals surface area (Å²) in [6.07, 6.45) is 1.99. The van der Waals surface area contributed by atoms with Crippen LogP contribution < -0.4 is 0 Å². The van der Waals surface area contributed by atoms with E-state index in [1.54, 1.807) is 24.3 Å². The summed E-state index contributed by atoms with van der Waals surface area (Å²) in [7, 11) is 0. The van der Waals surface area contributed by atoms with E-state index in [-0.39, 0.29) is 36.1 Å². The average Bonchev–Trinajstić information content (AvgIpc) is 2.47. The summed E-state index contributed by atoms with van der Waals surface area (Å²) < 4.78 is 5.38. The minimum absolute atomic E-state index is 0.113. The fraction of sp³-hybridized carbons (Fsp3) is 0.556. The molecule has 1 aliphatic rings. The zero-order valence-electron chi connectivity index (χ0n) is 13.0. The number of esters is 1. The molecule has 1 saturated carbocycles. The molecule has 0 N–H and O–H groups in total. The van der Waals surface area contributed by atoms with Crippen LogP contribution >= 0.6 is 0 Å². The fourth-order valence-electron chi connectivity index (χ4n) is 3.07. The quantitative estimate of drug-likeness (QED) is 0.793. The molecule has 1 fully saturated rings. The number of rotatable bonds is 4. The lowest BCUT2D eigenvalue weighted by molar-refractivity contribution is -0.134. The lowest BCUT2D eigenvalue weighted by atomic mass is 9.70. The predicted molar refractivity (Wildman–Crippen MR) is 81.9 cm³/mol. The standard InChI is InChI=1S/C18H24O3/c1-12(2)15-10-9-13(3)16(17(15)19)11-21-18(20)14-7-5-4-6-8-14/h4-8,12-13,15-16H,9-11H2,1-3H3/t13-,15-,16+/m0/s1. The second-order valence-electron chi connectivity index (χ2n) is 6.38. The van der Waals surface area contributed by atoms with E-state index in [0.717, 1.165) is 12.8 Å². The summed E-state index contributed by atoms with van der Waals surface area (Å²) >= 11 is 0. The lowest BCUT2D eigenvalue weighted by Crippen LogP contribution is -2.39. The molecule has 0 aliphatic heterocycles. The molecule has 21 heavy (non-hydrogen) atoms. The van der Waals surface area contributed by atoms with Crippen molar-refractivity contribution in [2.75, 3.05) is 6.61 Å². The van der Waals surface area contributed by atoms with Gasteiger partial charge in [-0.25, -0.2) is 4.79 Å². The molecule has 0 unspecified atom stereocenters. The van der Waals surface area contributed by atoms with Crippen molar-refractivity contribution in [2.45, 2.75) is 33.6 Å². The number of hydrogen-bond donors (Lipinski definition) is 0. The SMILES string of the molecule is CC(C)[C@@H]1CC[C@H](C)[C@@H](COC(=O)c2ccccc2)C1=O. The van der Waals surface area contributed by atoms with Gasteiger partial charge in [0.1, 0.15) is 12.4 Å². The van der Waals surface area contributed by atoms with Gasteiger partial charge in [0.2, 0.25) is 0 Å². The second kappa shape index (κ2) is 6.88. The smallest absolute Gasteiger partial charge is 0.338 e. The third kappa shape index (κ3) is 3.72. The first-order valence-electron chi connectivity index (χ1n) is 7.76. The first kappa shape index (κ1) is 15.7. The molecule has 0 amide bonds. The Morgan fingerprint density at radius 2 is 1.90 bits per heavy atom. The molecule has 0 bridgehead atoms. The van der Waals surface area contributed by atoms with Crippen molar-refractivity contribution in [3.63, 3.8) is 0 Å². The maximum Gasteiger partial charge on any atom is 0.338 e. The third-order valence-electron chi connectivity index (χ3n) is 4.56. The van der Waals surface area contributed by atoms with E-state index < -0.39 is 0 Å². The fourth-order valence-corrected chi connectivity index (χ4v) is 3.07. The molecule has 0 heterocycles. The van der Waals surface area contributed by atoms with Crippen LogP contribution in [-0.2, 0) is 9.53 Å². The number of benzene rings is 1. The van der Waals surface area contributed by atoms with Gasteiger partial charge < -0.3 is 4.74 Å². The van der Waals surface area contributed by atoms with Crippen LogP contribution in [0, 0.1) is 23.7 Å². The Hall–Kier alpha value is -1.64. The molecule has 3 atom stereocenters. The highest BCUT2D eigenvalue weighted by molar-refractivity contribution is 5.90. The first-order chi connectivity index (χ1) is 10.0. The van der Waals surface area contributed by atoms with Crippen molar-refractivity contribution in [3.8, 4) is 0 Å². The molecule has 1 aromatic carbocycles. The monoisotopic (exact) mass is 288 g/mol. The van der Waals surface area contributed by atoms with E-state index in [4.69, 9.17) is 4.74 Å². The van der Waals surface area contributed by atoms with Crippen LogP contribution in [0.2, 0.25) is 0 Å². The van der Waals surface area contributed by atoms with Gasteiger partial charge in [0.15, 0.2) is 0 Å². The Labute approximate surface area is 126 Å². The highest BCUT2D eigenvalue weighted by atomic mass is 16.5. The second-order valence-corrected chi connectivity index (χ2v) is 6.38. The number of hydrogen-bond acceptors (Lipinski definition) is 3. The Bertz CT molecular complexity index is 492. The van der Waals surface area contributed by atoms with Crippen molar-refractivity contribution >= 4 is 11.8 Å². The van der Waals surface area contributed by atoms with Gasteiger partial charge in [0, 0.05) is 5.92 Å². The third-order valence-corrected chi connectivity index (χ3v) is 4.56. The molecule has 0 radical (unpaired) electrons. The number of carbonyl (C=O) groups excluding carboxylic acids is 2. The minimum atomic E-state index is -0.345. The van der Waals surface area contributed by atoms with Gasteiger partial charge in [0.25, 0.3) is 0 Å². The van der Waals surface area contributed by atoms with E-state index in [9.17, 15) is 9.59 Å². The Morgan fingerprint density at radius 1 is 1.24 bits per heavy atom. The molecule has 3 nitrogen and oxygen atoms in total. The summed E-state index contributed by atoms with van der Waals surface area (Å²) in [5.74, 6) is 0.528. The highest BCUT2D eigenvalue weighted by Gasteiger charge is 2.37. The molecule has 114 valence electrons. The Kier molecular flexibility index (Phi) is 5.16. The minimum Gasteiger partial charge on any atom is -0.461 e. The molecule has 1 aromatic rings. The van der Waals surface area contributed by atoms with Crippen molar-refractivity contribution in [2.24, 2.45) is 23.7 Å². The van der Waals surface area contributed by atoms with Crippen LogP contribution in [0.5, 0.6) is 0 Å². The molecular weight excluding hydrogens is 264 g/mol. The predicted octanol–water partition coefficient (Wildman–Crippen LogP) is 3.73. The molecule has 0 saturated heterocycles. The van der Waals surface area contributed by atoms with E-state index in [1.807, 2.05) is 6.07 Å². The van der Waals surface area contributed by atoms with E-state index in [2.05, 4.69) is 20.8 Å². The maximum atomic E-state index is 12.5. The molecule has 2 rings (SSSR count). The van der Waals surface area contributed by atoms with Crippen LogP contribution in [0.4, 0.5) is 0 Å². The Balaban J connectivity index is 1.97. The zero-order chi connectivity index (χ0) is 15.4. The molecule has 0 spiro atoms. The van der Waals surface area contributed by atoms with Gasteiger partial charge >= 0.3 is 5.97 Å². The van der Waals surface area contributed by atoms with Crippen LogP contribution in [0.25, 0.3) is 0 Å². The number of Topliss-reactive ketones (excluding diaryl/α,β-unsaturated/α-hetero) is 1.